The Morgan fingerprint density at radius 2 is 1.64 bits per heavy atom. The first kappa shape index (κ1) is 15.6. The molecule has 4 heterocycles. The van der Waals surface area contributed by atoms with Gasteiger partial charge in [-0.25, -0.2) is 9.89 Å². The molecule has 2 aromatic rings. The number of aliphatic imine (C=N–C) groups is 1. The fourth-order valence-electron chi connectivity index (χ4n) is 4.87. The number of ether oxygens (including phenoxy) is 1. The summed E-state index contributed by atoms with van der Waals surface area (Å²) in [7, 11) is 0. The van der Waals surface area contributed by atoms with Crippen molar-refractivity contribution in [1.82, 2.24) is 4.90 Å². The van der Waals surface area contributed by atoms with Gasteiger partial charge in [-0.3, -0.25) is 9.59 Å². The molecule has 5 aliphatic rings. The van der Waals surface area contributed by atoms with Crippen molar-refractivity contribution in [3.63, 3.8) is 0 Å². The molecule has 6 nitrogen and oxygen atoms in total. The standard InChI is InChI=1S/C22H17N3O3/c26-21-18-14-10-11-16(19(18)22(27)25(21)13-6-2-1-3-7-13)24-12-28-17-9-5-4-8-15(17)23-20(14)24/h1-11,14,16,18-19H,12H2. The normalized spacial score (nSPS) is 29.6. The van der Waals surface area contributed by atoms with E-state index in [1.807, 2.05) is 59.5 Å². The van der Waals surface area contributed by atoms with Gasteiger partial charge in [-0.2, -0.15) is 0 Å². The summed E-state index contributed by atoms with van der Waals surface area (Å²) in [5.74, 6) is 0.208. The lowest BCUT2D eigenvalue weighted by Crippen LogP contribution is -2.59. The molecule has 138 valence electrons. The molecule has 2 saturated heterocycles. The number of imide groups is 1. The van der Waals surface area contributed by atoms with E-state index in [1.165, 1.54) is 4.90 Å². The molecule has 28 heavy (non-hydrogen) atoms. The van der Waals surface area contributed by atoms with Crippen molar-refractivity contribution in [3.8, 4) is 5.75 Å². The van der Waals surface area contributed by atoms with E-state index in [9.17, 15) is 9.59 Å². The Balaban J connectivity index is 1.46. The summed E-state index contributed by atoms with van der Waals surface area (Å²) in [6.45, 7) is 0.317. The van der Waals surface area contributed by atoms with Gasteiger partial charge >= 0.3 is 0 Å². The SMILES string of the molecule is O=C1C2C3C=CC(C2C(=O)N1c1ccccc1)N1COc2ccccc2N=C31. The van der Waals surface area contributed by atoms with E-state index < -0.39 is 11.8 Å². The van der Waals surface area contributed by atoms with Gasteiger partial charge < -0.3 is 9.64 Å². The van der Waals surface area contributed by atoms with Gasteiger partial charge in [-0.1, -0.05) is 42.5 Å². The molecular formula is C22H17N3O3. The van der Waals surface area contributed by atoms with Crippen molar-refractivity contribution >= 4 is 29.0 Å². The number of fused-ring (bicyclic) bond motifs is 1. The number of rotatable bonds is 1. The fraction of sp³-hybridized carbons (Fsp3) is 0.227. The van der Waals surface area contributed by atoms with E-state index in [0.29, 0.717) is 12.4 Å². The summed E-state index contributed by atoms with van der Waals surface area (Å²) >= 11 is 0. The zero-order valence-corrected chi connectivity index (χ0v) is 14.9. The number of carbonyl (C=O) groups is 2. The number of hydrogen-bond donors (Lipinski definition) is 0. The van der Waals surface area contributed by atoms with E-state index in [4.69, 9.17) is 9.73 Å². The van der Waals surface area contributed by atoms with Crippen LogP contribution >= 0.6 is 0 Å². The summed E-state index contributed by atoms with van der Waals surface area (Å²) < 4.78 is 5.96. The third-order valence-electron chi connectivity index (χ3n) is 6.09. The molecule has 0 spiro atoms. The second kappa shape index (κ2) is 5.55. The quantitative estimate of drug-likeness (QED) is 0.571. The molecule has 6 heteroatoms. The Morgan fingerprint density at radius 3 is 2.50 bits per heavy atom. The molecule has 2 bridgehead atoms. The average Bonchev–Trinajstić information content (AvgIpc) is 2.89. The van der Waals surface area contributed by atoms with Gasteiger partial charge in [-0.05, 0) is 24.3 Å². The Bertz CT molecular complexity index is 1060. The lowest BCUT2D eigenvalue weighted by Gasteiger charge is -2.47. The minimum atomic E-state index is -0.414. The van der Waals surface area contributed by atoms with Crippen LogP contribution in [0.5, 0.6) is 5.75 Å². The molecule has 0 N–H and O–H groups in total. The third kappa shape index (κ3) is 1.94. The first-order valence-electron chi connectivity index (χ1n) is 9.42. The Kier molecular flexibility index (Phi) is 3.10. The first-order chi connectivity index (χ1) is 13.7. The number of amides is 2. The van der Waals surface area contributed by atoms with Crippen LogP contribution in [0.3, 0.4) is 0 Å². The Labute approximate surface area is 161 Å². The molecule has 0 aromatic heterocycles. The average molecular weight is 371 g/mol. The van der Waals surface area contributed by atoms with Gasteiger partial charge in [-0.15, -0.1) is 0 Å². The van der Waals surface area contributed by atoms with Gasteiger partial charge in [0.1, 0.15) is 17.3 Å². The van der Waals surface area contributed by atoms with E-state index in [0.717, 1.165) is 17.3 Å². The van der Waals surface area contributed by atoms with Gasteiger partial charge in [0.15, 0.2) is 6.73 Å². The lowest BCUT2D eigenvalue weighted by molar-refractivity contribution is -0.123. The fourth-order valence-corrected chi connectivity index (χ4v) is 4.87. The predicted molar refractivity (Wildman–Crippen MR) is 103 cm³/mol. The number of carbonyl (C=O) groups excluding carboxylic acids is 2. The molecule has 2 amide bonds. The summed E-state index contributed by atoms with van der Waals surface area (Å²) in [6.07, 6.45) is 4.07. The smallest absolute Gasteiger partial charge is 0.240 e. The summed E-state index contributed by atoms with van der Waals surface area (Å²) in [6, 6.07) is 16.6. The molecule has 0 saturated carbocycles. The molecule has 1 aliphatic carbocycles. The van der Waals surface area contributed by atoms with E-state index in [-0.39, 0.29) is 23.8 Å². The highest BCUT2D eigenvalue weighted by Gasteiger charge is 2.61. The number of hydrogen-bond acceptors (Lipinski definition) is 5. The highest BCUT2D eigenvalue weighted by atomic mass is 16.5. The first-order valence-corrected chi connectivity index (χ1v) is 9.42. The van der Waals surface area contributed by atoms with Crippen LogP contribution in [0.2, 0.25) is 0 Å². The van der Waals surface area contributed by atoms with Crippen molar-refractivity contribution in [2.75, 3.05) is 11.6 Å². The van der Waals surface area contributed by atoms with Gasteiger partial charge in [0.25, 0.3) is 0 Å². The van der Waals surface area contributed by atoms with Crippen LogP contribution in [0.15, 0.2) is 71.7 Å². The maximum absolute atomic E-state index is 13.3. The van der Waals surface area contributed by atoms with Gasteiger partial charge in [0.2, 0.25) is 11.8 Å². The maximum atomic E-state index is 13.3. The minimum absolute atomic E-state index is 0.138. The topological polar surface area (TPSA) is 62.2 Å². The number of piperidine rings is 1. The number of anilines is 1. The Morgan fingerprint density at radius 1 is 0.893 bits per heavy atom. The van der Waals surface area contributed by atoms with Crippen LogP contribution in [-0.2, 0) is 9.59 Å². The summed E-state index contributed by atoms with van der Waals surface area (Å²) in [5, 5.41) is 0. The van der Waals surface area contributed by atoms with Crippen LogP contribution in [0.1, 0.15) is 0 Å². The highest BCUT2D eigenvalue weighted by Crippen LogP contribution is 2.48. The highest BCUT2D eigenvalue weighted by molar-refractivity contribution is 6.24. The van der Waals surface area contributed by atoms with Crippen molar-refractivity contribution in [2.45, 2.75) is 6.04 Å². The zero-order valence-electron chi connectivity index (χ0n) is 14.9. The van der Waals surface area contributed by atoms with Crippen molar-refractivity contribution in [3.05, 3.63) is 66.7 Å². The van der Waals surface area contributed by atoms with Gasteiger partial charge in [0.05, 0.1) is 23.6 Å². The maximum Gasteiger partial charge on any atom is 0.240 e. The molecule has 2 fully saturated rings. The molecule has 7 rings (SSSR count). The van der Waals surface area contributed by atoms with E-state index >= 15 is 0 Å². The monoisotopic (exact) mass is 371 g/mol. The number of nitrogens with zero attached hydrogens (tertiary/aromatic N) is 3. The van der Waals surface area contributed by atoms with Gasteiger partial charge in [0, 0.05) is 5.92 Å². The summed E-state index contributed by atoms with van der Waals surface area (Å²) in [5.41, 5.74) is 1.39. The number of benzene rings is 2. The second-order valence-corrected chi connectivity index (χ2v) is 7.48. The van der Waals surface area contributed by atoms with Crippen molar-refractivity contribution < 1.29 is 14.3 Å². The molecule has 0 radical (unpaired) electrons. The molecule has 4 unspecified atom stereocenters. The minimum Gasteiger partial charge on any atom is -0.471 e. The molecule has 4 aliphatic heterocycles. The van der Waals surface area contributed by atoms with Crippen molar-refractivity contribution in [1.29, 1.82) is 0 Å². The van der Waals surface area contributed by atoms with Crippen LogP contribution in [-0.4, -0.2) is 35.3 Å². The third-order valence-corrected chi connectivity index (χ3v) is 6.09. The molecule has 2 aromatic carbocycles. The number of amidine groups is 1. The zero-order chi connectivity index (χ0) is 18.8. The second-order valence-electron chi connectivity index (χ2n) is 7.48. The van der Waals surface area contributed by atoms with Crippen LogP contribution in [0.4, 0.5) is 11.4 Å². The van der Waals surface area contributed by atoms with E-state index in [2.05, 4.69) is 0 Å². The predicted octanol–water partition coefficient (Wildman–Crippen LogP) is 2.74. The lowest BCUT2D eigenvalue weighted by atomic mass is 9.69. The van der Waals surface area contributed by atoms with Crippen LogP contribution in [0, 0.1) is 17.8 Å². The molecule has 4 atom stereocenters. The van der Waals surface area contributed by atoms with Crippen molar-refractivity contribution in [2.24, 2.45) is 22.7 Å². The Hall–Kier alpha value is -3.41. The van der Waals surface area contributed by atoms with Crippen LogP contribution in [0.25, 0.3) is 0 Å². The number of para-hydroxylation sites is 3. The van der Waals surface area contributed by atoms with Crippen LogP contribution < -0.4 is 9.64 Å². The van der Waals surface area contributed by atoms with E-state index in [1.54, 1.807) is 12.1 Å². The summed E-state index contributed by atoms with van der Waals surface area (Å²) in [4.78, 5) is 34.8. The largest absolute Gasteiger partial charge is 0.471 e. The molecular weight excluding hydrogens is 354 g/mol.